The summed E-state index contributed by atoms with van der Waals surface area (Å²) in [6.07, 6.45) is 1.92. The van der Waals surface area contributed by atoms with E-state index in [9.17, 15) is 4.79 Å². The van der Waals surface area contributed by atoms with Crippen molar-refractivity contribution in [3.63, 3.8) is 0 Å². The van der Waals surface area contributed by atoms with Crippen molar-refractivity contribution >= 4 is 23.7 Å². The molecule has 0 saturated heterocycles. The Kier molecular flexibility index (Phi) is 4.20. The average Bonchev–Trinajstić information content (AvgIpc) is 3.04. The Labute approximate surface area is 131 Å². The van der Waals surface area contributed by atoms with Gasteiger partial charge < -0.3 is 4.42 Å². The molecule has 3 aromatic rings. The number of hydrogen-bond acceptors (Lipinski definition) is 5. The van der Waals surface area contributed by atoms with E-state index >= 15 is 0 Å². The fourth-order valence-corrected chi connectivity index (χ4v) is 2.56. The van der Waals surface area contributed by atoms with E-state index in [4.69, 9.17) is 4.42 Å². The molecule has 0 saturated carbocycles. The number of aromatic nitrogens is 2. The highest BCUT2D eigenvalue weighted by molar-refractivity contribution is 7.98. The van der Waals surface area contributed by atoms with Gasteiger partial charge in [-0.2, -0.15) is 0 Å². The third-order valence-electron chi connectivity index (χ3n) is 3.02. The molecule has 6 heteroatoms. The number of nitrogens with one attached hydrogen (secondary N) is 1. The van der Waals surface area contributed by atoms with Gasteiger partial charge in [-0.05, 0) is 30.5 Å². The van der Waals surface area contributed by atoms with Gasteiger partial charge in [-0.3, -0.25) is 10.1 Å². The van der Waals surface area contributed by atoms with E-state index in [1.807, 2.05) is 54.8 Å². The van der Waals surface area contributed by atoms with Gasteiger partial charge in [0, 0.05) is 10.5 Å². The van der Waals surface area contributed by atoms with Gasteiger partial charge in [0.2, 0.25) is 5.89 Å². The van der Waals surface area contributed by atoms with Gasteiger partial charge in [-0.25, -0.2) is 0 Å². The molecule has 1 heterocycles. The summed E-state index contributed by atoms with van der Waals surface area (Å²) in [6, 6.07) is 16.8. The molecular weight excluding hydrogens is 298 g/mol. The van der Waals surface area contributed by atoms with Crippen molar-refractivity contribution in [3.8, 4) is 11.5 Å². The van der Waals surface area contributed by atoms with E-state index in [1.165, 1.54) is 11.8 Å². The summed E-state index contributed by atoms with van der Waals surface area (Å²) in [5, 5.41) is 10.4. The van der Waals surface area contributed by atoms with Crippen LogP contribution in [0.3, 0.4) is 0 Å². The molecule has 5 nitrogen and oxygen atoms in total. The van der Waals surface area contributed by atoms with Crippen molar-refractivity contribution in [1.29, 1.82) is 0 Å². The number of thioether (sulfide) groups is 1. The van der Waals surface area contributed by atoms with Crippen LogP contribution in [0.4, 0.5) is 6.01 Å². The zero-order chi connectivity index (χ0) is 15.4. The first-order valence-electron chi connectivity index (χ1n) is 6.61. The molecule has 0 aliphatic carbocycles. The van der Waals surface area contributed by atoms with Gasteiger partial charge >= 0.3 is 6.01 Å². The largest absolute Gasteiger partial charge is 0.403 e. The van der Waals surface area contributed by atoms with Crippen molar-refractivity contribution < 1.29 is 9.21 Å². The van der Waals surface area contributed by atoms with Crippen LogP contribution in [0, 0.1) is 0 Å². The van der Waals surface area contributed by atoms with Crippen LogP contribution in [0.15, 0.2) is 63.9 Å². The van der Waals surface area contributed by atoms with Gasteiger partial charge in [0.15, 0.2) is 0 Å². The quantitative estimate of drug-likeness (QED) is 0.744. The van der Waals surface area contributed by atoms with E-state index in [1.54, 1.807) is 6.07 Å². The third kappa shape index (κ3) is 3.01. The maximum Gasteiger partial charge on any atom is 0.322 e. The molecule has 0 bridgehead atoms. The van der Waals surface area contributed by atoms with E-state index in [2.05, 4.69) is 15.5 Å². The monoisotopic (exact) mass is 311 g/mol. The Balaban J connectivity index is 1.79. The van der Waals surface area contributed by atoms with E-state index in [0.717, 1.165) is 10.5 Å². The summed E-state index contributed by atoms with van der Waals surface area (Å²) < 4.78 is 5.47. The molecule has 0 spiro atoms. The maximum absolute atomic E-state index is 12.3. The molecule has 0 radical (unpaired) electrons. The fourth-order valence-electron chi connectivity index (χ4n) is 1.97. The second-order valence-corrected chi connectivity index (χ2v) is 5.28. The molecule has 0 aliphatic rings. The van der Waals surface area contributed by atoms with Crippen molar-refractivity contribution in [2.45, 2.75) is 4.90 Å². The summed E-state index contributed by atoms with van der Waals surface area (Å²) in [5.74, 6) is 0.0993. The number of amides is 1. The summed E-state index contributed by atoms with van der Waals surface area (Å²) >= 11 is 1.51. The number of nitrogens with zero attached hydrogens (tertiary/aromatic N) is 2. The molecule has 22 heavy (non-hydrogen) atoms. The predicted molar refractivity (Wildman–Crippen MR) is 85.9 cm³/mol. The smallest absolute Gasteiger partial charge is 0.322 e. The summed E-state index contributed by atoms with van der Waals surface area (Å²) in [4.78, 5) is 13.2. The van der Waals surface area contributed by atoms with E-state index < -0.39 is 0 Å². The van der Waals surface area contributed by atoms with Crippen molar-refractivity contribution in [2.24, 2.45) is 0 Å². The van der Waals surface area contributed by atoms with Crippen molar-refractivity contribution in [3.05, 3.63) is 60.2 Å². The molecule has 1 N–H and O–H groups in total. The van der Waals surface area contributed by atoms with Crippen LogP contribution >= 0.6 is 11.8 Å². The lowest BCUT2D eigenvalue weighted by molar-refractivity contribution is 0.102. The first-order chi connectivity index (χ1) is 10.8. The average molecular weight is 311 g/mol. The van der Waals surface area contributed by atoms with Crippen LogP contribution in [0.1, 0.15) is 10.4 Å². The van der Waals surface area contributed by atoms with E-state index in [-0.39, 0.29) is 11.9 Å². The zero-order valence-electron chi connectivity index (χ0n) is 11.8. The van der Waals surface area contributed by atoms with Crippen LogP contribution in [0.5, 0.6) is 0 Å². The number of benzene rings is 2. The van der Waals surface area contributed by atoms with Crippen LogP contribution in [0.25, 0.3) is 11.5 Å². The standard InChI is InChI=1S/C16H13N3O2S/c1-22-13-10-6-5-9-12(13)14(20)17-16-19-18-15(21-16)11-7-3-2-4-8-11/h2-10H,1H3,(H,17,19,20). The van der Waals surface area contributed by atoms with Gasteiger partial charge in [-0.15, -0.1) is 16.9 Å². The highest BCUT2D eigenvalue weighted by atomic mass is 32.2. The molecule has 1 amide bonds. The molecular formula is C16H13N3O2S. The molecule has 0 atom stereocenters. The number of hydrogen-bond donors (Lipinski definition) is 1. The molecule has 0 unspecified atom stereocenters. The Morgan fingerprint density at radius 2 is 1.77 bits per heavy atom. The van der Waals surface area contributed by atoms with Gasteiger partial charge in [0.1, 0.15) is 0 Å². The molecule has 110 valence electrons. The van der Waals surface area contributed by atoms with Crippen LogP contribution < -0.4 is 5.32 Å². The van der Waals surface area contributed by atoms with E-state index in [0.29, 0.717) is 11.5 Å². The highest BCUT2D eigenvalue weighted by Crippen LogP contribution is 2.22. The lowest BCUT2D eigenvalue weighted by atomic mass is 10.2. The number of carbonyl (C=O) groups is 1. The molecule has 3 rings (SSSR count). The summed E-state index contributed by atoms with van der Waals surface area (Å²) in [6.45, 7) is 0. The van der Waals surface area contributed by atoms with Gasteiger partial charge in [-0.1, -0.05) is 35.4 Å². The van der Waals surface area contributed by atoms with Crippen LogP contribution in [0.2, 0.25) is 0 Å². The normalized spacial score (nSPS) is 10.4. The second kappa shape index (κ2) is 6.44. The summed E-state index contributed by atoms with van der Waals surface area (Å²) in [7, 11) is 0. The SMILES string of the molecule is CSc1ccccc1C(=O)Nc1nnc(-c2ccccc2)o1. The predicted octanol–water partition coefficient (Wildman–Crippen LogP) is 3.71. The number of carbonyl (C=O) groups excluding carboxylic acids is 1. The molecule has 0 aliphatic heterocycles. The Hall–Kier alpha value is -2.60. The Morgan fingerprint density at radius 1 is 1.05 bits per heavy atom. The van der Waals surface area contributed by atoms with Crippen molar-refractivity contribution in [1.82, 2.24) is 10.2 Å². The minimum atomic E-state index is -0.270. The first kappa shape index (κ1) is 14.3. The Bertz CT molecular complexity index is 787. The lowest BCUT2D eigenvalue weighted by Gasteiger charge is -2.05. The minimum Gasteiger partial charge on any atom is -0.403 e. The minimum absolute atomic E-state index is 0.0831. The van der Waals surface area contributed by atoms with Crippen molar-refractivity contribution in [2.75, 3.05) is 11.6 Å². The highest BCUT2D eigenvalue weighted by Gasteiger charge is 2.14. The van der Waals surface area contributed by atoms with Crippen LogP contribution in [-0.2, 0) is 0 Å². The van der Waals surface area contributed by atoms with Crippen LogP contribution in [-0.4, -0.2) is 22.4 Å². The number of rotatable bonds is 4. The Morgan fingerprint density at radius 3 is 2.55 bits per heavy atom. The lowest BCUT2D eigenvalue weighted by Crippen LogP contribution is -2.13. The van der Waals surface area contributed by atoms with Gasteiger partial charge in [0.05, 0.1) is 5.56 Å². The molecule has 1 aromatic heterocycles. The topological polar surface area (TPSA) is 68.0 Å². The first-order valence-corrected chi connectivity index (χ1v) is 7.83. The van der Waals surface area contributed by atoms with Gasteiger partial charge in [0.25, 0.3) is 5.91 Å². The number of anilines is 1. The third-order valence-corrected chi connectivity index (χ3v) is 3.81. The second-order valence-electron chi connectivity index (χ2n) is 4.43. The molecule has 0 fully saturated rings. The maximum atomic E-state index is 12.3. The fraction of sp³-hybridized carbons (Fsp3) is 0.0625. The zero-order valence-corrected chi connectivity index (χ0v) is 12.6. The molecule has 2 aromatic carbocycles. The summed E-state index contributed by atoms with van der Waals surface area (Å²) in [5.41, 5.74) is 1.38.